The van der Waals surface area contributed by atoms with Crippen LogP contribution in [-0.2, 0) is 5.75 Å². The largest absolute Gasteiger partial charge is 0.294 e. The average Bonchev–Trinajstić information content (AvgIpc) is 2.72. The summed E-state index contributed by atoms with van der Waals surface area (Å²) in [6, 6.07) is 27.1. The summed E-state index contributed by atoms with van der Waals surface area (Å²) in [7, 11) is 0. The Morgan fingerprint density at radius 3 is 2.19 bits per heavy atom. The zero-order valence-electron chi connectivity index (χ0n) is 14.8. The van der Waals surface area contributed by atoms with E-state index in [2.05, 4.69) is 24.0 Å². The van der Waals surface area contributed by atoms with Crippen molar-refractivity contribution in [1.82, 2.24) is 0 Å². The van der Waals surface area contributed by atoms with Crippen molar-refractivity contribution in [2.24, 2.45) is 0 Å². The Kier molecular flexibility index (Phi) is 7.16. The third-order valence-corrected chi connectivity index (χ3v) is 5.42. The molecule has 134 valence electrons. The molecule has 0 saturated heterocycles. The molecule has 0 aliphatic rings. The monoisotopic (exact) mass is 390 g/mol. The van der Waals surface area contributed by atoms with E-state index in [1.54, 1.807) is 36.0 Å². The fraction of sp³-hybridized carbons (Fsp3) is 0.125. The second-order valence-corrected chi connectivity index (χ2v) is 7.68. The molecule has 3 heteroatoms. The van der Waals surface area contributed by atoms with Crippen LogP contribution in [-0.4, -0.2) is 11.0 Å². The normalized spacial score (nSPS) is 11.3. The molecule has 3 aromatic carbocycles. The molecule has 1 unspecified atom stereocenters. The van der Waals surface area contributed by atoms with Crippen LogP contribution in [0.4, 0.5) is 0 Å². The smallest absolute Gasteiger partial charge is 0.164 e. The van der Waals surface area contributed by atoms with Gasteiger partial charge in [-0.05, 0) is 42.0 Å². The SMILES string of the molecule is O=C(CC(C#Cc1ccccc1)SCc1ccccc1)c1ccc(Cl)cc1. The van der Waals surface area contributed by atoms with E-state index in [-0.39, 0.29) is 11.0 Å². The second kappa shape index (κ2) is 10.0. The van der Waals surface area contributed by atoms with Gasteiger partial charge in [-0.2, -0.15) is 0 Å². The molecular weight excluding hydrogens is 372 g/mol. The van der Waals surface area contributed by atoms with Crippen LogP contribution in [0.25, 0.3) is 0 Å². The minimum absolute atomic E-state index is 0.0754. The molecule has 27 heavy (non-hydrogen) atoms. The highest BCUT2D eigenvalue weighted by atomic mass is 35.5. The van der Waals surface area contributed by atoms with E-state index in [0.717, 1.165) is 11.3 Å². The number of hydrogen-bond donors (Lipinski definition) is 0. The van der Waals surface area contributed by atoms with Gasteiger partial charge in [0, 0.05) is 28.3 Å². The maximum absolute atomic E-state index is 12.7. The van der Waals surface area contributed by atoms with Crippen LogP contribution in [0.3, 0.4) is 0 Å². The summed E-state index contributed by atoms with van der Waals surface area (Å²) in [4.78, 5) is 12.7. The number of rotatable bonds is 6. The maximum Gasteiger partial charge on any atom is 0.164 e. The molecule has 0 aliphatic carbocycles. The Labute approximate surface area is 169 Å². The number of thioether (sulfide) groups is 1. The van der Waals surface area contributed by atoms with Gasteiger partial charge in [-0.25, -0.2) is 0 Å². The Morgan fingerprint density at radius 2 is 1.52 bits per heavy atom. The number of carbonyl (C=O) groups excluding carboxylic acids is 1. The van der Waals surface area contributed by atoms with Gasteiger partial charge in [0.25, 0.3) is 0 Å². The lowest BCUT2D eigenvalue weighted by Gasteiger charge is -2.10. The highest BCUT2D eigenvalue weighted by Gasteiger charge is 2.14. The van der Waals surface area contributed by atoms with Crippen molar-refractivity contribution in [2.45, 2.75) is 17.4 Å². The predicted octanol–water partition coefficient (Wildman–Crippen LogP) is 6.27. The van der Waals surface area contributed by atoms with E-state index in [9.17, 15) is 4.79 Å². The molecule has 3 rings (SSSR count). The topological polar surface area (TPSA) is 17.1 Å². The summed E-state index contributed by atoms with van der Waals surface area (Å²) in [5.74, 6) is 7.39. The van der Waals surface area contributed by atoms with Crippen LogP contribution < -0.4 is 0 Å². The highest BCUT2D eigenvalue weighted by molar-refractivity contribution is 7.99. The minimum atomic E-state index is -0.0754. The fourth-order valence-electron chi connectivity index (χ4n) is 2.53. The van der Waals surface area contributed by atoms with Crippen LogP contribution in [0.15, 0.2) is 84.9 Å². The number of Topliss-reactive ketones (excluding diaryl/α,β-unsaturated/α-hetero) is 1. The molecule has 0 heterocycles. The number of hydrogen-bond acceptors (Lipinski definition) is 2. The lowest BCUT2D eigenvalue weighted by Crippen LogP contribution is -2.10. The van der Waals surface area contributed by atoms with E-state index >= 15 is 0 Å². The fourth-order valence-corrected chi connectivity index (χ4v) is 3.65. The average molecular weight is 391 g/mol. The van der Waals surface area contributed by atoms with Gasteiger partial charge >= 0.3 is 0 Å². The number of ketones is 1. The van der Waals surface area contributed by atoms with Gasteiger partial charge in [-0.15, -0.1) is 11.8 Å². The Hall–Kier alpha value is -2.47. The van der Waals surface area contributed by atoms with Crippen molar-refractivity contribution in [3.63, 3.8) is 0 Å². The molecule has 0 spiro atoms. The predicted molar refractivity (Wildman–Crippen MR) is 115 cm³/mol. The minimum Gasteiger partial charge on any atom is -0.294 e. The van der Waals surface area contributed by atoms with Gasteiger partial charge in [0.15, 0.2) is 5.78 Å². The number of benzene rings is 3. The molecule has 3 aromatic rings. The van der Waals surface area contributed by atoms with E-state index in [4.69, 9.17) is 11.6 Å². The molecule has 1 atom stereocenters. The van der Waals surface area contributed by atoms with Crippen molar-refractivity contribution >= 4 is 29.1 Å². The van der Waals surface area contributed by atoms with Crippen molar-refractivity contribution in [2.75, 3.05) is 0 Å². The second-order valence-electron chi connectivity index (χ2n) is 6.05. The lowest BCUT2D eigenvalue weighted by atomic mass is 10.1. The van der Waals surface area contributed by atoms with Crippen molar-refractivity contribution in [3.05, 3.63) is 107 Å². The molecule has 0 aliphatic heterocycles. The summed E-state index contributed by atoms with van der Waals surface area (Å²) in [5.41, 5.74) is 2.86. The molecule has 0 radical (unpaired) electrons. The van der Waals surface area contributed by atoms with E-state index in [1.807, 2.05) is 48.5 Å². The first-order valence-corrected chi connectivity index (χ1v) is 10.1. The van der Waals surface area contributed by atoms with Crippen molar-refractivity contribution in [1.29, 1.82) is 0 Å². The van der Waals surface area contributed by atoms with Crippen molar-refractivity contribution in [3.8, 4) is 11.8 Å². The third-order valence-electron chi connectivity index (χ3n) is 3.98. The van der Waals surface area contributed by atoms with Gasteiger partial charge in [-0.3, -0.25) is 4.79 Å². The number of carbonyl (C=O) groups is 1. The van der Waals surface area contributed by atoms with E-state index < -0.39 is 0 Å². The molecule has 0 fully saturated rings. The summed E-state index contributed by atoms with van der Waals surface area (Å²) in [6.07, 6.45) is 0.374. The summed E-state index contributed by atoms with van der Waals surface area (Å²) in [5, 5.41) is 0.555. The van der Waals surface area contributed by atoms with Gasteiger partial charge < -0.3 is 0 Å². The van der Waals surface area contributed by atoms with E-state index in [1.165, 1.54) is 5.56 Å². The Bertz CT molecular complexity index is 925. The van der Waals surface area contributed by atoms with Crippen LogP contribution in [0.1, 0.15) is 27.9 Å². The van der Waals surface area contributed by atoms with Gasteiger partial charge in [0.2, 0.25) is 0 Å². The summed E-state index contributed by atoms with van der Waals surface area (Å²) >= 11 is 7.62. The Morgan fingerprint density at radius 1 is 0.889 bits per heavy atom. The summed E-state index contributed by atoms with van der Waals surface area (Å²) < 4.78 is 0. The molecule has 0 N–H and O–H groups in total. The zero-order valence-corrected chi connectivity index (χ0v) is 16.3. The van der Waals surface area contributed by atoms with Gasteiger partial charge in [-0.1, -0.05) is 72.0 Å². The third kappa shape index (κ3) is 6.32. The first-order valence-electron chi connectivity index (χ1n) is 8.71. The Balaban J connectivity index is 1.73. The lowest BCUT2D eigenvalue weighted by molar-refractivity contribution is 0.0986. The van der Waals surface area contributed by atoms with Crippen LogP contribution in [0.2, 0.25) is 5.02 Å². The summed E-state index contributed by atoms with van der Waals surface area (Å²) in [6.45, 7) is 0. The molecular formula is C24H19ClOS. The van der Waals surface area contributed by atoms with Crippen LogP contribution in [0.5, 0.6) is 0 Å². The first kappa shape index (κ1) is 19.3. The first-order chi connectivity index (χ1) is 13.2. The standard InChI is InChI=1S/C24H19ClOS/c25-22-14-12-21(13-15-22)24(26)17-23(16-11-19-7-3-1-4-8-19)27-18-20-9-5-2-6-10-20/h1-10,12-15,23H,17-18H2. The molecule has 0 saturated carbocycles. The van der Waals surface area contributed by atoms with Crippen LogP contribution >= 0.6 is 23.4 Å². The van der Waals surface area contributed by atoms with Gasteiger partial charge in [0.1, 0.15) is 0 Å². The van der Waals surface area contributed by atoms with E-state index in [0.29, 0.717) is 17.0 Å². The quantitative estimate of drug-likeness (QED) is 0.364. The van der Waals surface area contributed by atoms with Crippen LogP contribution in [0, 0.1) is 11.8 Å². The van der Waals surface area contributed by atoms with Gasteiger partial charge in [0.05, 0.1) is 5.25 Å². The maximum atomic E-state index is 12.7. The van der Waals surface area contributed by atoms with Crippen molar-refractivity contribution < 1.29 is 4.79 Å². The zero-order chi connectivity index (χ0) is 18.9. The molecule has 1 nitrogen and oxygen atoms in total. The molecule has 0 amide bonds. The molecule has 0 aromatic heterocycles. The highest BCUT2D eigenvalue weighted by Crippen LogP contribution is 2.22. The number of halogens is 1. The molecule has 0 bridgehead atoms.